The Balaban J connectivity index is 1.54. The zero-order valence-corrected chi connectivity index (χ0v) is 21.0. The van der Waals surface area contributed by atoms with E-state index in [1.807, 2.05) is 19.1 Å². The molecular weight excluding hydrogens is 454 g/mol. The standard InChI is InChI=1S/C33H25N3O/c1-20-21(2)34-22(3)30-31(20)36(25-13-8-5-9-14-25)33(35-30)28-16-10-15-27-26-18-17-24(19-29(26)37-32(27)28)23-11-6-4-7-12-23/h4-19H,1-3H3. The molecule has 0 fully saturated rings. The van der Waals surface area contributed by atoms with Gasteiger partial charge in [0.15, 0.2) is 0 Å². The molecule has 0 spiro atoms. The molecule has 7 aromatic rings. The minimum Gasteiger partial charge on any atom is -0.455 e. The van der Waals surface area contributed by atoms with Crippen LogP contribution in [0, 0.1) is 20.8 Å². The van der Waals surface area contributed by atoms with Gasteiger partial charge in [0.1, 0.15) is 22.5 Å². The second-order valence-electron chi connectivity index (χ2n) is 9.57. The molecule has 3 aromatic heterocycles. The number of pyridine rings is 1. The van der Waals surface area contributed by atoms with Crippen molar-refractivity contribution in [2.24, 2.45) is 0 Å². The van der Waals surface area contributed by atoms with E-state index in [2.05, 4.69) is 103 Å². The van der Waals surface area contributed by atoms with Gasteiger partial charge in [-0.25, -0.2) is 4.98 Å². The van der Waals surface area contributed by atoms with E-state index in [-0.39, 0.29) is 0 Å². The molecule has 178 valence electrons. The van der Waals surface area contributed by atoms with Gasteiger partial charge in [-0.15, -0.1) is 0 Å². The molecule has 7 rings (SSSR count). The largest absolute Gasteiger partial charge is 0.455 e. The molecule has 0 aliphatic carbocycles. The van der Waals surface area contributed by atoms with Crippen LogP contribution in [-0.4, -0.2) is 14.5 Å². The first-order valence-corrected chi connectivity index (χ1v) is 12.5. The maximum atomic E-state index is 6.60. The van der Waals surface area contributed by atoms with Crippen molar-refractivity contribution in [3.63, 3.8) is 0 Å². The van der Waals surface area contributed by atoms with Crippen LogP contribution in [0.5, 0.6) is 0 Å². The minimum absolute atomic E-state index is 0.843. The van der Waals surface area contributed by atoms with Gasteiger partial charge in [-0.1, -0.05) is 66.7 Å². The molecule has 0 unspecified atom stereocenters. The number of aromatic nitrogens is 3. The highest BCUT2D eigenvalue weighted by Gasteiger charge is 2.22. The highest BCUT2D eigenvalue weighted by Crippen LogP contribution is 2.39. The van der Waals surface area contributed by atoms with Gasteiger partial charge in [0, 0.05) is 22.2 Å². The van der Waals surface area contributed by atoms with Crippen molar-refractivity contribution in [2.45, 2.75) is 20.8 Å². The molecule has 37 heavy (non-hydrogen) atoms. The summed E-state index contributed by atoms with van der Waals surface area (Å²) in [6.45, 7) is 6.23. The van der Waals surface area contributed by atoms with Gasteiger partial charge >= 0.3 is 0 Å². The summed E-state index contributed by atoms with van der Waals surface area (Å²) in [6.07, 6.45) is 0. The summed E-state index contributed by atoms with van der Waals surface area (Å²) in [5.74, 6) is 0.854. The Morgan fingerprint density at radius 1 is 0.649 bits per heavy atom. The van der Waals surface area contributed by atoms with Crippen LogP contribution in [0.25, 0.3) is 61.2 Å². The molecule has 0 N–H and O–H groups in total. The Hall–Kier alpha value is -4.70. The zero-order valence-electron chi connectivity index (χ0n) is 21.0. The van der Waals surface area contributed by atoms with Crippen LogP contribution in [0.3, 0.4) is 0 Å². The van der Waals surface area contributed by atoms with Gasteiger partial charge in [0.05, 0.1) is 16.8 Å². The Bertz CT molecular complexity index is 1950. The third kappa shape index (κ3) is 3.30. The van der Waals surface area contributed by atoms with Gasteiger partial charge in [-0.05, 0) is 67.8 Å². The molecule has 0 bridgehead atoms. The van der Waals surface area contributed by atoms with E-state index in [1.54, 1.807) is 0 Å². The Morgan fingerprint density at radius 3 is 2.19 bits per heavy atom. The Morgan fingerprint density at radius 2 is 1.41 bits per heavy atom. The molecule has 3 heterocycles. The fourth-order valence-corrected chi connectivity index (χ4v) is 5.37. The monoisotopic (exact) mass is 479 g/mol. The highest BCUT2D eigenvalue weighted by molar-refractivity contribution is 6.10. The number of imidazole rings is 1. The van der Waals surface area contributed by atoms with Crippen molar-refractivity contribution in [2.75, 3.05) is 0 Å². The van der Waals surface area contributed by atoms with Crippen molar-refractivity contribution >= 4 is 33.0 Å². The molecule has 0 atom stereocenters. The zero-order chi connectivity index (χ0) is 25.1. The van der Waals surface area contributed by atoms with Crippen LogP contribution in [-0.2, 0) is 0 Å². The van der Waals surface area contributed by atoms with E-state index >= 15 is 0 Å². The third-order valence-electron chi connectivity index (χ3n) is 7.31. The van der Waals surface area contributed by atoms with E-state index in [0.717, 1.165) is 72.6 Å². The molecule has 0 saturated carbocycles. The van der Waals surface area contributed by atoms with Crippen molar-refractivity contribution in [1.82, 2.24) is 14.5 Å². The fourth-order valence-electron chi connectivity index (χ4n) is 5.37. The number of nitrogens with zero attached hydrogens (tertiary/aromatic N) is 3. The number of fused-ring (bicyclic) bond motifs is 4. The third-order valence-corrected chi connectivity index (χ3v) is 7.31. The van der Waals surface area contributed by atoms with Crippen LogP contribution < -0.4 is 0 Å². The number of furan rings is 1. The van der Waals surface area contributed by atoms with E-state index in [1.165, 1.54) is 5.56 Å². The molecule has 4 heteroatoms. The van der Waals surface area contributed by atoms with Crippen LogP contribution in [0.1, 0.15) is 17.0 Å². The molecule has 4 aromatic carbocycles. The topological polar surface area (TPSA) is 43.9 Å². The van der Waals surface area contributed by atoms with Gasteiger partial charge in [-0.2, -0.15) is 0 Å². The number of rotatable bonds is 3. The number of aryl methyl sites for hydroxylation is 3. The predicted molar refractivity (Wildman–Crippen MR) is 151 cm³/mol. The molecule has 0 aliphatic heterocycles. The number of hydrogen-bond donors (Lipinski definition) is 0. The van der Waals surface area contributed by atoms with Crippen molar-refractivity contribution < 1.29 is 4.42 Å². The number of para-hydroxylation sites is 2. The van der Waals surface area contributed by atoms with Crippen LogP contribution in [0.4, 0.5) is 0 Å². The molecule has 0 radical (unpaired) electrons. The lowest BCUT2D eigenvalue weighted by molar-refractivity contribution is 0.669. The van der Waals surface area contributed by atoms with E-state index in [0.29, 0.717) is 0 Å². The molecule has 0 saturated heterocycles. The first-order chi connectivity index (χ1) is 18.1. The molecular formula is C33H25N3O. The average Bonchev–Trinajstić information content (AvgIpc) is 3.52. The van der Waals surface area contributed by atoms with Crippen molar-refractivity contribution in [3.05, 3.63) is 114 Å². The van der Waals surface area contributed by atoms with E-state index in [9.17, 15) is 0 Å². The first kappa shape index (κ1) is 21.6. The summed E-state index contributed by atoms with van der Waals surface area (Å²) < 4.78 is 8.86. The van der Waals surface area contributed by atoms with Gasteiger partial charge in [0.25, 0.3) is 0 Å². The second-order valence-corrected chi connectivity index (χ2v) is 9.57. The maximum absolute atomic E-state index is 6.60. The van der Waals surface area contributed by atoms with Crippen molar-refractivity contribution in [3.8, 4) is 28.2 Å². The smallest absolute Gasteiger partial charge is 0.149 e. The number of benzene rings is 4. The average molecular weight is 480 g/mol. The predicted octanol–water partition coefficient (Wildman–Crippen LogP) is 8.58. The maximum Gasteiger partial charge on any atom is 0.149 e. The highest BCUT2D eigenvalue weighted by atomic mass is 16.3. The summed E-state index contributed by atoms with van der Waals surface area (Å²) in [6, 6.07) is 33.6. The minimum atomic E-state index is 0.843. The quantitative estimate of drug-likeness (QED) is 0.255. The Kier molecular flexibility index (Phi) is 4.76. The second kappa shape index (κ2) is 8.17. The fraction of sp³-hybridized carbons (Fsp3) is 0.0909. The Labute approximate surface area is 214 Å². The first-order valence-electron chi connectivity index (χ1n) is 12.5. The lowest BCUT2D eigenvalue weighted by Crippen LogP contribution is -2.00. The van der Waals surface area contributed by atoms with Gasteiger partial charge in [0.2, 0.25) is 0 Å². The summed E-state index contributed by atoms with van der Waals surface area (Å²) in [5.41, 5.74) is 11.1. The molecule has 0 aliphatic rings. The summed E-state index contributed by atoms with van der Waals surface area (Å²) in [7, 11) is 0. The van der Waals surface area contributed by atoms with E-state index in [4.69, 9.17) is 14.4 Å². The summed E-state index contributed by atoms with van der Waals surface area (Å²) >= 11 is 0. The lowest BCUT2D eigenvalue weighted by atomic mass is 10.0. The molecule has 4 nitrogen and oxygen atoms in total. The van der Waals surface area contributed by atoms with Crippen molar-refractivity contribution in [1.29, 1.82) is 0 Å². The van der Waals surface area contributed by atoms with E-state index < -0.39 is 0 Å². The summed E-state index contributed by atoms with van der Waals surface area (Å²) in [5, 5.41) is 2.19. The normalized spacial score (nSPS) is 11.6. The SMILES string of the molecule is Cc1nc(C)c2nc(-c3cccc4c3oc3cc(-c5ccccc5)ccc34)n(-c3ccccc3)c2c1C. The van der Waals surface area contributed by atoms with Crippen LogP contribution in [0.2, 0.25) is 0 Å². The molecule has 0 amide bonds. The summed E-state index contributed by atoms with van der Waals surface area (Å²) in [4.78, 5) is 9.97. The van der Waals surface area contributed by atoms with Gasteiger partial charge in [-0.3, -0.25) is 9.55 Å². The van der Waals surface area contributed by atoms with Gasteiger partial charge < -0.3 is 4.42 Å². The number of hydrogen-bond acceptors (Lipinski definition) is 3. The van der Waals surface area contributed by atoms with Crippen LogP contribution in [0.15, 0.2) is 101 Å². The lowest BCUT2D eigenvalue weighted by Gasteiger charge is -2.12. The van der Waals surface area contributed by atoms with Crippen LogP contribution >= 0.6 is 0 Å².